The van der Waals surface area contributed by atoms with Crippen molar-refractivity contribution >= 4 is 10.9 Å². The smallest absolute Gasteiger partial charge is 0.119 e. The first-order chi connectivity index (χ1) is 13.2. The molecule has 1 aliphatic heterocycles. The van der Waals surface area contributed by atoms with Crippen LogP contribution in [0.5, 0.6) is 5.75 Å². The number of piperidine rings is 1. The second-order valence-electron chi connectivity index (χ2n) is 7.67. The van der Waals surface area contributed by atoms with Gasteiger partial charge in [0.05, 0.1) is 7.11 Å². The van der Waals surface area contributed by atoms with Crippen LogP contribution in [0.2, 0.25) is 0 Å². The van der Waals surface area contributed by atoms with Crippen LogP contribution in [-0.4, -0.2) is 48.1 Å². The third-order valence-electron chi connectivity index (χ3n) is 5.69. The summed E-state index contributed by atoms with van der Waals surface area (Å²) in [4.78, 5) is 8.68. The Morgan fingerprint density at radius 3 is 2.56 bits per heavy atom. The molecule has 0 spiro atoms. The van der Waals surface area contributed by atoms with Gasteiger partial charge in [-0.05, 0) is 62.8 Å². The molecule has 1 fully saturated rings. The Balaban J connectivity index is 1.56. The van der Waals surface area contributed by atoms with E-state index in [-0.39, 0.29) is 0 Å². The van der Waals surface area contributed by atoms with Crippen LogP contribution in [0.3, 0.4) is 0 Å². The van der Waals surface area contributed by atoms with Crippen LogP contribution in [-0.2, 0) is 13.1 Å². The highest BCUT2D eigenvalue weighted by molar-refractivity contribution is 5.81. The Bertz CT molecular complexity index is 866. The lowest BCUT2D eigenvalue weighted by Crippen LogP contribution is -2.43. The molecule has 27 heavy (non-hydrogen) atoms. The highest BCUT2D eigenvalue weighted by Gasteiger charge is 2.24. The number of rotatable bonds is 6. The third-order valence-corrected chi connectivity index (χ3v) is 5.69. The molecule has 4 heteroatoms. The van der Waals surface area contributed by atoms with Crippen LogP contribution < -0.4 is 4.74 Å². The summed E-state index contributed by atoms with van der Waals surface area (Å²) >= 11 is 0. The number of benzene rings is 2. The number of aromatic nitrogens is 1. The SMILES string of the molecule is COc1ccc2[nH]c(CN(Cc3ccccc3)C3CCN(C)CC3)cc2c1. The Morgan fingerprint density at radius 2 is 1.81 bits per heavy atom. The van der Waals surface area contributed by atoms with Gasteiger partial charge in [-0.15, -0.1) is 0 Å². The molecular formula is C23H29N3O. The molecular weight excluding hydrogens is 334 g/mol. The Morgan fingerprint density at radius 1 is 1.04 bits per heavy atom. The number of aromatic amines is 1. The fourth-order valence-corrected chi connectivity index (χ4v) is 4.09. The molecule has 0 atom stereocenters. The number of ether oxygens (including phenoxy) is 1. The lowest BCUT2D eigenvalue weighted by Gasteiger charge is -2.37. The van der Waals surface area contributed by atoms with Crippen LogP contribution >= 0.6 is 0 Å². The van der Waals surface area contributed by atoms with Crippen molar-refractivity contribution in [3.05, 3.63) is 65.9 Å². The first-order valence-corrected chi connectivity index (χ1v) is 9.83. The monoisotopic (exact) mass is 363 g/mol. The zero-order chi connectivity index (χ0) is 18.6. The number of likely N-dealkylation sites (tertiary alicyclic amines) is 1. The summed E-state index contributed by atoms with van der Waals surface area (Å²) in [5.74, 6) is 0.907. The maximum absolute atomic E-state index is 5.37. The number of methoxy groups -OCH3 is 1. The summed E-state index contributed by atoms with van der Waals surface area (Å²) in [5.41, 5.74) is 3.83. The van der Waals surface area contributed by atoms with Crippen molar-refractivity contribution in [2.75, 3.05) is 27.2 Å². The molecule has 0 aliphatic carbocycles. The molecule has 0 bridgehead atoms. The molecule has 0 radical (unpaired) electrons. The maximum atomic E-state index is 5.37. The quantitative estimate of drug-likeness (QED) is 0.709. The van der Waals surface area contributed by atoms with E-state index in [2.05, 4.69) is 70.4 Å². The summed E-state index contributed by atoms with van der Waals surface area (Å²) in [6.07, 6.45) is 2.47. The van der Waals surface area contributed by atoms with Crippen molar-refractivity contribution in [2.45, 2.75) is 32.0 Å². The summed E-state index contributed by atoms with van der Waals surface area (Å²) in [7, 11) is 3.94. The largest absolute Gasteiger partial charge is 0.497 e. The minimum atomic E-state index is 0.627. The van der Waals surface area contributed by atoms with Crippen molar-refractivity contribution < 1.29 is 4.74 Å². The molecule has 2 heterocycles. The van der Waals surface area contributed by atoms with E-state index in [0.717, 1.165) is 18.8 Å². The van der Waals surface area contributed by atoms with Gasteiger partial charge in [-0.25, -0.2) is 0 Å². The lowest BCUT2D eigenvalue weighted by molar-refractivity contribution is 0.107. The van der Waals surface area contributed by atoms with Crippen molar-refractivity contribution in [1.29, 1.82) is 0 Å². The minimum Gasteiger partial charge on any atom is -0.497 e. The Hall–Kier alpha value is -2.30. The maximum Gasteiger partial charge on any atom is 0.119 e. The molecule has 1 N–H and O–H groups in total. The van der Waals surface area contributed by atoms with Gasteiger partial charge in [0.15, 0.2) is 0 Å². The van der Waals surface area contributed by atoms with Crippen molar-refractivity contribution in [3.8, 4) is 5.75 Å². The summed E-state index contributed by atoms with van der Waals surface area (Å²) < 4.78 is 5.37. The van der Waals surface area contributed by atoms with Crippen LogP contribution in [0.1, 0.15) is 24.1 Å². The highest BCUT2D eigenvalue weighted by atomic mass is 16.5. The van der Waals surface area contributed by atoms with Gasteiger partial charge in [0.2, 0.25) is 0 Å². The fraction of sp³-hybridized carbons (Fsp3) is 0.391. The van der Waals surface area contributed by atoms with Crippen LogP contribution in [0.25, 0.3) is 10.9 Å². The molecule has 1 aliphatic rings. The third kappa shape index (κ3) is 4.34. The zero-order valence-corrected chi connectivity index (χ0v) is 16.3. The van der Waals surface area contributed by atoms with E-state index < -0.39 is 0 Å². The average molecular weight is 364 g/mol. The molecule has 4 rings (SSSR count). The van der Waals surface area contributed by atoms with E-state index in [4.69, 9.17) is 4.74 Å². The van der Waals surface area contributed by atoms with Crippen molar-refractivity contribution in [2.24, 2.45) is 0 Å². The van der Waals surface area contributed by atoms with E-state index in [1.165, 1.54) is 48.1 Å². The molecule has 0 saturated carbocycles. The summed E-state index contributed by atoms with van der Waals surface area (Å²) in [5, 5.41) is 1.22. The summed E-state index contributed by atoms with van der Waals surface area (Å²) in [6.45, 7) is 4.30. The number of hydrogen-bond acceptors (Lipinski definition) is 3. The number of nitrogens with zero attached hydrogens (tertiary/aromatic N) is 2. The van der Waals surface area contributed by atoms with Crippen LogP contribution in [0.15, 0.2) is 54.6 Å². The predicted octanol–water partition coefficient (Wildman–Crippen LogP) is 4.27. The second-order valence-corrected chi connectivity index (χ2v) is 7.67. The predicted molar refractivity (Wildman–Crippen MR) is 111 cm³/mol. The van der Waals surface area contributed by atoms with Gasteiger partial charge < -0.3 is 14.6 Å². The van der Waals surface area contributed by atoms with E-state index in [0.29, 0.717) is 6.04 Å². The van der Waals surface area contributed by atoms with Gasteiger partial charge in [0, 0.05) is 35.7 Å². The molecule has 4 nitrogen and oxygen atoms in total. The molecule has 3 aromatic rings. The first-order valence-electron chi connectivity index (χ1n) is 9.83. The Labute approximate surface area is 161 Å². The molecule has 2 aromatic carbocycles. The number of nitrogens with one attached hydrogen (secondary N) is 1. The van der Waals surface area contributed by atoms with Crippen LogP contribution in [0.4, 0.5) is 0 Å². The van der Waals surface area contributed by atoms with E-state index in [9.17, 15) is 0 Å². The number of hydrogen-bond donors (Lipinski definition) is 1. The van der Waals surface area contributed by atoms with Crippen molar-refractivity contribution in [3.63, 3.8) is 0 Å². The van der Waals surface area contributed by atoms with Crippen molar-refractivity contribution in [1.82, 2.24) is 14.8 Å². The van der Waals surface area contributed by atoms with Gasteiger partial charge in [-0.1, -0.05) is 30.3 Å². The topological polar surface area (TPSA) is 31.5 Å². The van der Waals surface area contributed by atoms with Gasteiger partial charge in [-0.2, -0.15) is 0 Å². The van der Waals surface area contributed by atoms with Gasteiger partial charge in [0.1, 0.15) is 5.75 Å². The second kappa shape index (κ2) is 8.15. The van der Waals surface area contributed by atoms with Gasteiger partial charge >= 0.3 is 0 Å². The van der Waals surface area contributed by atoms with Gasteiger partial charge in [0.25, 0.3) is 0 Å². The zero-order valence-electron chi connectivity index (χ0n) is 16.3. The Kier molecular flexibility index (Phi) is 5.46. The van der Waals surface area contributed by atoms with E-state index in [1.807, 2.05) is 6.07 Å². The minimum absolute atomic E-state index is 0.627. The number of fused-ring (bicyclic) bond motifs is 1. The highest BCUT2D eigenvalue weighted by Crippen LogP contribution is 2.25. The summed E-state index contributed by atoms with van der Waals surface area (Å²) in [6, 6.07) is 20.0. The lowest BCUT2D eigenvalue weighted by atomic mass is 10.0. The number of H-pyrrole nitrogens is 1. The molecule has 142 valence electrons. The molecule has 1 aromatic heterocycles. The fourth-order valence-electron chi connectivity index (χ4n) is 4.09. The molecule has 1 saturated heterocycles. The standard InChI is InChI=1S/C23H29N3O/c1-25-12-10-21(11-13-25)26(16-18-6-4-3-5-7-18)17-20-14-19-15-22(27-2)8-9-23(19)24-20/h3-9,14-15,21,24H,10-13,16-17H2,1-2H3. The van der Waals surface area contributed by atoms with E-state index >= 15 is 0 Å². The molecule has 0 amide bonds. The first kappa shape index (κ1) is 18.1. The van der Waals surface area contributed by atoms with Crippen LogP contribution in [0, 0.1) is 0 Å². The average Bonchev–Trinajstić information content (AvgIpc) is 3.10. The van der Waals surface area contributed by atoms with Gasteiger partial charge in [-0.3, -0.25) is 4.90 Å². The molecule has 0 unspecified atom stereocenters. The van der Waals surface area contributed by atoms with E-state index in [1.54, 1.807) is 7.11 Å². The normalized spacial score (nSPS) is 16.3.